The number of nitrogens with one attached hydrogen (secondary N) is 1. The van der Waals surface area contributed by atoms with Crippen molar-refractivity contribution in [1.29, 1.82) is 0 Å². The van der Waals surface area contributed by atoms with Crippen molar-refractivity contribution >= 4 is 6.09 Å². The molecule has 1 aromatic carbocycles. The first-order valence-corrected chi connectivity index (χ1v) is 6.76. The molecule has 0 unspecified atom stereocenters. The quantitative estimate of drug-likeness (QED) is 0.528. The molecule has 0 aromatic heterocycles. The monoisotopic (exact) mass is 292 g/mol. The van der Waals surface area contributed by atoms with Gasteiger partial charge >= 0.3 is 6.09 Å². The van der Waals surface area contributed by atoms with Crippen LogP contribution in [0.1, 0.15) is 5.56 Å². The number of nitrogens with zero attached hydrogens (tertiary/aromatic N) is 1. The molecule has 0 saturated carbocycles. The Morgan fingerprint density at radius 1 is 1.10 bits per heavy atom. The van der Waals surface area contributed by atoms with Crippen LogP contribution >= 0.6 is 0 Å². The predicted molar refractivity (Wildman–Crippen MR) is 77.7 cm³/mol. The van der Waals surface area contributed by atoms with Gasteiger partial charge in [0.2, 0.25) is 6.54 Å². The second kappa shape index (κ2) is 11.7. The van der Waals surface area contributed by atoms with Crippen LogP contribution in [0, 0.1) is 6.57 Å². The van der Waals surface area contributed by atoms with E-state index < -0.39 is 6.09 Å². The zero-order chi connectivity index (χ0) is 15.2. The van der Waals surface area contributed by atoms with Crippen molar-refractivity contribution in [2.45, 2.75) is 6.61 Å². The normalized spacial score (nSPS) is 9.86. The summed E-state index contributed by atoms with van der Waals surface area (Å²) >= 11 is 0. The molecule has 0 spiro atoms. The molecule has 1 amide bonds. The Morgan fingerprint density at radius 3 is 2.52 bits per heavy atom. The van der Waals surface area contributed by atoms with E-state index in [0.29, 0.717) is 39.5 Å². The SMILES string of the molecule is [C-]#[N+]CCOCCOCCNC(=O)OCc1ccccc1. The van der Waals surface area contributed by atoms with Crippen LogP contribution in [-0.2, 0) is 20.8 Å². The molecular weight excluding hydrogens is 272 g/mol. The number of benzene rings is 1. The van der Waals surface area contributed by atoms with Crippen molar-refractivity contribution in [2.75, 3.05) is 39.5 Å². The van der Waals surface area contributed by atoms with Crippen LogP contribution in [0.15, 0.2) is 30.3 Å². The van der Waals surface area contributed by atoms with Crippen LogP contribution < -0.4 is 5.32 Å². The topological polar surface area (TPSA) is 61.2 Å². The summed E-state index contributed by atoms with van der Waals surface area (Å²) in [5.74, 6) is 0. The van der Waals surface area contributed by atoms with Crippen molar-refractivity contribution in [3.8, 4) is 0 Å². The highest BCUT2D eigenvalue weighted by Gasteiger charge is 2.01. The molecule has 0 aliphatic carbocycles. The third-order valence-corrected chi connectivity index (χ3v) is 2.45. The molecule has 1 aromatic rings. The van der Waals surface area contributed by atoms with E-state index in [4.69, 9.17) is 20.8 Å². The number of amides is 1. The fourth-order valence-corrected chi connectivity index (χ4v) is 1.43. The highest BCUT2D eigenvalue weighted by Crippen LogP contribution is 2.00. The first-order valence-electron chi connectivity index (χ1n) is 6.76. The maximum atomic E-state index is 11.4. The fourth-order valence-electron chi connectivity index (χ4n) is 1.43. The van der Waals surface area contributed by atoms with Gasteiger partial charge in [-0.2, -0.15) is 0 Å². The standard InChI is InChI=1S/C15H20N2O4/c1-16-7-9-19-11-12-20-10-8-17-15(18)21-13-14-5-3-2-4-6-14/h2-6H,7-13H2,(H,17,18). The van der Waals surface area contributed by atoms with Crippen LogP contribution in [0.5, 0.6) is 0 Å². The molecule has 0 saturated heterocycles. The lowest BCUT2D eigenvalue weighted by molar-refractivity contribution is 0.0526. The molecule has 0 bridgehead atoms. The minimum absolute atomic E-state index is 0.252. The molecule has 6 heteroatoms. The molecule has 0 aliphatic rings. The van der Waals surface area contributed by atoms with Crippen LogP contribution in [0.25, 0.3) is 4.85 Å². The second-order valence-corrected chi connectivity index (χ2v) is 4.09. The summed E-state index contributed by atoms with van der Waals surface area (Å²) in [6.07, 6.45) is -0.462. The Labute approximate surface area is 124 Å². The number of ether oxygens (including phenoxy) is 3. The average Bonchev–Trinajstić information content (AvgIpc) is 2.52. The van der Waals surface area contributed by atoms with Gasteiger partial charge in [-0.15, -0.1) is 0 Å². The molecular formula is C15H20N2O4. The number of hydrogen-bond donors (Lipinski definition) is 1. The van der Waals surface area contributed by atoms with Gasteiger partial charge < -0.3 is 24.4 Å². The number of alkyl carbamates (subject to hydrolysis) is 1. The minimum atomic E-state index is -0.462. The van der Waals surface area contributed by atoms with E-state index in [1.807, 2.05) is 30.3 Å². The van der Waals surface area contributed by atoms with Crippen LogP contribution in [0.3, 0.4) is 0 Å². The van der Waals surface area contributed by atoms with Crippen molar-refractivity contribution in [3.05, 3.63) is 47.3 Å². The summed E-state index contributed by atoms with van der Waals surface area (Å²) in [6, 6.07) is 9.48. The Bertz CT molecular complexity index is 431. The molecule has 6 nitrogen and oxygen atoms in total. The summed E-state index contributed by atoms with van der Waals surface area (Å²) in [7, 11) is 0. The largest absolute Gasteiger partial charge is 0.445 e. The smallest absolute Gasteiger partial charge is 0.407 e. The van der Waals surface area contributed by atoms with Crippen LogP contribution in [0.2, 0.25) is 0 Å². The minimum Gasteiger partial charge on any atom is -0.445 e. The van der Waals surface area contributed by atoms with Crippen molar-refractivity contribution < 1.29 is 19.0 Å². The fraction of sp³-hybridized carbons (Fsp3) is 0.467. The Morgan fingerprint density at radius 2 is 1.81 bits per heavy atom. The summed E-state index contributed by atoms with van der Waals surface area (Å²) in [5, 5.41) is 2.60. The van der Waals surface area contributed by atoms with E-state index >= 15 is 0 Å². The molecule has 0 radical (unpaired) electrons. The van der Waals surface area contributed by atoms with E-state index in [0.717, 1.165) is 5.56 Å². The summed E-state index contributed by atoms with van der Waals surface area (Å²) in [5.41, 5.74) is 0.945. The predicted octanol–water partition coefficient (Wildman–Crippen LogP) is 1.87. The third-order valence-electron chi connectivity index (χ3n) is 2.45. The molecule has 0 aliphatic heterocycles. The lowest BCUT2D eigenvalue weighted by Crippen LogP contribution is -2.28. The number of carbonyl (C=O) groups is 1. The van der Waals surface area contributed by atoms with Gasteiger partial charge in [0.1, 0.15) is 13.2 Å². The third kappa shape index (κ3) is 9.44. The lowest BCUT2D eigenvalue weighted by atomic mass is 10.2. The van der Waals surface area contributed by atoms with E-state index in [9.17, 15) is 4.79 Å². The number of carbonyl (C=O) groups excluding carboxylic acids is 1. The van der Waals surface area contributed by atoms with Crippen LogP contribution in [0.4, 0.5) is 4.79 Å². The van der Waals surface area contributed by atoms with Gasteiger partial charge in [-0.25, -0.2) is 11.4 Å². The van der Waals surface area contributed by atoms with Gasteiger partial charge in [0.05, 0.1) is 19.8 Å². The second-order valence-electron chi connectivity index (χ2n) is 4.09. The highest BCUT2D eigenvalue weighted by molar-refractivity contribution is 5.67. The zero-order valence-electron chi connectivity index (χ0n) is 11.9. The molecule has 21 heavy (non-hydrogen) atoms. The van der Waals surface area contributed by atoms with Gasteiger partial charge in [0.15, 0.2) is 0 Å². The molecule has 114 valence electrons. The molecule has 0 heterocycles. The van der Waals surface area contributed by atoms with E-state index in [2.05, 4.69) is 10.2 Å². The van der Waals surface area contributed by atoms with Gasteiger partial charge in [-0.05, 0) is 5.56 Å². The number of hydrogen-bond acceptors (Lipinski definition) is 4. The van der Waals surface area contributed by atoms with Gasteiger partial charge in [0, 0.05) is 6.54 Å². The van der Waals surface area contributed by atoms with Crippen molar-refractivity contribution in [2.24, 2.45) is 0 Å². The Hall–Kier alpha value is -2.10. The van der Waals surface area contributed by atoms with E-state index in [1.54, 1.807) is 0 Å². The van der Waals surface area contributed by atoms with Gasteiger partial charge in [-0.3, -0.25) is 0 Å². The number of rotatable bonds is 10. The maximum Gasteiger partial charge on any atom is 0.407 e. The first-order chi connectivity index (χ1) is 10.3. The Kier molecular flexibility index (Phi) is 9.45. The van der Waals surface area contributed by atoms with Crippen molar-refractivity contribution in [1.82, 2.24) is 5.32 Å². The summed E-state index contributed by atoms with van der Waals surface area (Å²) in [4.78, 5) is 14.5. The lowest BCUT2D eigenvalue weighted by Gasteiger charge is -2.07. The van der Waals surface area contributed by atoms with E-state index in [-0.39, 0.29) is 6.61 Å². The van der Waals surface area contributed by atoms with Gasteiger partial charge in [0.25, 0.3) is 0 Å². The highest BCUT2D eigenvalue weighted by atomic mass is 16.5. The molecule has 0 atom stereocenters. The summed E-state index contributed by atoms with van der Waals surface area (Å²) < 4.78 is 15.4. The first kappa shape index (κ1) is 17.0. The average molecular weight is 292 g/mol. The zero-order valence-corrected chi connectivity index (χ0v) is 11.9. The Balaban J connectivity index is 1.91. The summed E-state index contributed by atoms with van der Waals surface area (Å²) in [6.45, 7) is 9.29. The molecule has 1 N–H and O–H groups in total. The van der Waals surface area contributed by atoms with Gasteiger partial charge in [-0.1, -0.05) is 30.3 Å². The maximum absolute atomic E-state index is 11.4. The molecule has 0 fully saturated rings. The molecule has 1 rings (SSSR count). The van der Waals surface area contributed by atoms with E-state index in [1.165, 1.54) is 0 Å². The van der Waals surface area contributed by atoms with Crippen molar-refractivity contribution in [3.63, 3.8) is 0 Å². The van der Waals surface area contributed by atoms with Crippen LogP contribution in [-0.4, -0.2) is 45.6 Å².